The summed E-state index contributed by atoms with van der Waals surface area (Å²) >= 11 is 0. The van der Waals surface area contributed by atoms with Crippen molar-refractivity contribution in [2.45, 2.75) is 25.8 Å². The SMILES string of the molecule is CCOC(=O)N1CCC(NC(=O)c2c[nH]c3cc(F)ccc23)CC1. The van der Waals surface area contributed by atoms with Gasteiger partial charge in [0.1, 0.15) is 5.82 Å². The van der Waals surface area contributed by atoms with Gasteiger partial charge in [0.25, 0.3) is 5.91 Å². The van der Waals surface area contributed by atoms with Crippen LogP contribution in [-0.4, -0.2) is 47.6 Å². The number of carbonyl (C=O) groups excluding carboxylic acids is 2. The van der Waals surface area contributed by atoms with Crippen LogP contribution in [0.1, 0.15) is 30.1 Å². The number of amides is 2. The Hall–Kier alpha value is -2.57. The number of fused-ring (bicyclic) bond motifs is 1. The van der Waals surface area contributed by atoms with E-state index >= 15 is 0 Å². The van der Waals surface area contributed by atoms with E-state index in [9.17, 15) is 14.0 Å². The maximum Gasteiger partial charge on any atom is 0.409 e. The van der Waals surface area contributed by atoms with E-state index in [1.165, 1.54) is 12.1 Å². The standard InChI is InChI=1S/C17H20FN3O3/c1-2-24-17(23)21-7-5-12(6-8-21)20-16(22)14-10-19-15-9-11(18)3-4-13(14)15/h3-4,9-10,12,19H,2,5-8H2,1H3,(H,20,22). The summed E-state index contributed by atoms with van der Waals surface area (Å²) in [7, 11) is 0. The third-order valence-corrected chi connectivity index (χ3v) is 4.24. The number of nitrogens with zero attached hydrogens (tertiary/aromatic N) is 1. The van der Waals surface area contributed by atoms with Gasteiger partial charge < -0.3 is 19.9 Å². The highest BCUT2D eigenvalue weighted by molar-refractivity contribution is 6.06. The van der Waals surface area contributed by atoms with E-state index in [2.05, 4.69) is 10.3 Å². The van der Waals surface area contributed by atoms with Crippen LogP contribution in [0.25, 0.3) is 10.9 Å². The summed E-state index contributed by atoms with van der Waals surface area (Å²) in [5.41, 5.74) is 1.09. The molecule has 2 heterocycles. The molecule has 2 aromatic rings. The summed E-state index contributed by atoms with van der Waals surface area (Å²) < 4.78 is 18.2. The third kappa shape index (κ3) is 3.34. The first kappa shape index (κ1) is 16.3. The molecule has 0 radical (unpaired) electrons. The maximum absolute atomic E-state index is 13.2. The molecule has 0 unspecified atom stereocenters. The van der Waals surface area contributed by atoms with Gasteiger partial charge in [-0.25, -0.2) is 9.18 Å². The first-order chi connectivity index (χ1) is 11.6. The highest BCUT2D eigenvalue weighted by Gasteiger charge is 2.25. The zero-order chi connectivity index (χ0) is 17.1. The molecule has 0 bridgehead atoms. The van der Waals surface area contributed by atoms with Gasteiger partial charge in [0.05, 0.1) is 12.2 Å². The molecule has 1 aliphatic rings. The quantitative estimate of drug-likeness (QED) is 0.907. The molecule has 24 heavy (non-hydrogen) atoms. The molecule has 0 atom stereocenters. The number of piperidine rings is 1. The van der Waals surface area contributed by atoms with E-state index in [-0.39, 0.29) is 23.9 Å². The Balaban J connectivity index is 1.60. The fraction of sp³-hybridized carbons (Fsp3) is 0.412. The predicted molar refractivity (Wildman–Crippen MR) is 87.3 cm³/mol. The number of aromatic nitrogens is 1. The first-order valence-corrected chi connectivity index (χ1v) is 8.07. The number of H-pyrrole nitrogens is 1. The van der Waals surface area contributed by atoms with Gasteiger partial charge in [-0.3, -0.25) is 4.79 Å². The fourth-order valence-corrected chi connectivity index (χ4v) is 2.97. The second kappa shape index (κ2) is 6.90. The monoisotopic (exact) mass is 333 g/mol. The molecule has 0 aliphatic carbocycles. The van der Waals surface area contributed by atoms with Crippen molar-refractivity contribution in [3.63, 3.8) is 0 Å². The van der Waals surface area contributed by atoms with Crippen LogP contribution in [0.5, 0.6) is 0 Å². The van der Waals surface area contributed by atoms with Gasteiger partial charge in [-0.15, -0.1) is 0 Å². The van der Waals surface area contributed by atoms with Gasteiger partial charge in [0.15, 0.2) is 0 Å². The Kier molecular flexibility index (Phi) is 4.69. The Labute approximate surface area is 139 Å². The average Bonchev–Trinajstić information content (AvgIpc) is 2.98. The average molecular weight is 333 g/mol. The van der Waals surface area contributed by atoms with Crippen molar-refractivity contribution in [1.29, 1.82) is 0 Å². The molecule has 1 aliphatic heterocycles. The molecule has 2 amide bonds. The molecule has 1 saturated heterocycles. The largest absolute Gasteiger partial charge is 0.450 e. The number of aromatic amines is 1. The van der Waals surface area contributed by atoms with E-state index < -0.39 is 0 Å². The van der Waals surface area contributed by atoms with Crippen molar-refractivity contribution in [3.8, 4) is 0 Å². The fourth-order valence-electron chi connectivity index (χ4n) is 2.97. The van der Waals surface area contributed by atoms with Gasteiger partial charge in [-0.1, -0.05) is 0 Å². The number of rotatable bonds is 3. The van der Waals surface area contributed by atoms with E-state index in [1.807, 2.05) is 0 Å². The Morgan fingerprint density at radius 3 is 2.83 bits per heavy atom. The summed E-state index contributed by atoms with van der Waals surface area (Å²) in [4.78, 5) is 28.7. The van der Waals surface area contributed by atoms with Crippen molar-refractivity contribution in [1.82, 2.24) is 15.2 Å². The summed E-state index contributed by atoms with van der Waals surface area (Å²) in [6.45, 7) is 3.25. The molecule has 1 aromatic carbocycles. The lowest BCUT2D eigenvalue weighted by Crippen LogP contribution is -2.46. The van der Waals surface area contributed by atoms with E-state index in [1.54, 1.807) is 24.1 Å². The van der Waals surface area contributed by atoms with Gasteiger partial charge >= 0.3 is 6.09 Å². The summed E-state index contributed by atoms with van der Waals surface area (Å²) in [5, 5.41) is 3.68. The smallest absolute Gasteiger partial charge is 0.409 e. The molecule has 1 aromatic heterocycles. The van der Waals surface area contributed by atoms with Crippen molar-refractivity contribution in [2.24, 2.45) is 0 Å². The van der Waals surface area contributed by atoms with Gasteiger partial charge in [-0.05, 0) is 38.0 Å². The van der Waals surface area contributed by atoms with Crippen molar-refractivity contribution < 1.29 is 18.7 Å². The molecule has 1 fully saturated rings. The normalized spacial score (nSPS) is 15.5. The number of benzene rings is 1. The van der Waals surface area contributed by atoms with Crippen LogP contribution in [0, 0.1) is 5.82 Å². The van der Waals surface area contributed by atoms with Crippen LogP contribution < -0.4 is 5.32 Å². The number of carbonyl (C=O) groups is 2. The van der Waals surface area contributed by atoms with Crippen molar-refractivity contribution >= 4 is 22.9 Å². The van der Waals surface area contributed by atoms with Crippen LogP contribution in [0.15, 0.2) is 24.4 Å². The summed E-state index contributed by atoms with van der Waals surface area (Å²) in [6.07, 6.45) is 2.65. The Morgan fingerprint density at radius 2 is 2.12 bits per heavy atom. The van der Waals surface area contributed by atoms with Crippen molar-refractivity contribution in [3.05, 3.63) is 35.8 Å². The molecule has 2 N–H and O–H groups in total. The first-order valence-electron chi connectivity index (χ1n) is 8.07. The number of hydrogen-bond acceptors (Lipinski definition) is 3. The van der Waals surface area contributed by atoms with Crippen LogP contribution in [0.3, 0.4) is 0 Å². The maximum atomic E-state index is 13.2. The Morgan fingerprint density at radius 1 is 1.38 bits per heavy atom. The van der Waals surface area contributed by atoms with Gasteiger partial charge in [0, 0.05) is 36.2 Å². The molecular formula is C17H20FN3O3. The summed E-state index contributed by atoms with van der Waals surface area (Å²) in [6, 6.07) is 4.31. The van der Waals surface area contributed by atoms with Crippen LogP contribution in [0.4, 0.5) is 9.18 Å². The van der Waals surface area contributed by atoms with Gasteiger partial charge in [-0.2, -0.15) is 0 Å². The van der Waals surface area contributed by atoms with E-state index in [0.717, 1.165) is 0 Å². The summed E-state index contributed by atoms with van der Waals surface area (Å²) in [5.74, 6) is -0.537. The van der Waals surface area contributed by atoms with Crippen LogP contribution >= 0.6 is 0 Å². The minimum absolute atomic E-state index is 0.00794. The highest BCUT2D eigenvalue weighted by atomic mass is 19.1. The van der Waals surface area contributed by atoms with Crippen LogP contribution in [0.2, 0.25) is 0 Å². The second-order valence-electron chi connectivity index (χ2n) is 5.83. The highest BCUT2D eigenvalue weighted by Crippen LogP contribution is 2.20. The van der Waals surface area contributed by atoms with Gasteiger partial charge in [0.2, 0.25) is 0 Å². The lowest BCUT2D eigenvalue weighted by atomic mass is 10.0. The number of halogens is 1. The molecule has 0 saturated carbocycles. The number of nitrogens with one attached hydrogen (secondary N) is 2. The van der Waals surface area contributed by atoms with Crippen LogP contribution in [-0.2, 0) is 4.74 Å². The van der Waals surface area contributed by atoms with E-state index in [0.29, 0.717) is 49.0 Å². The topological polar surface area (TPSA) is 74.4 Å². The zero-order valence-corrected chi connectivity index (χ0v) is 13.5. The Bertz CT molecular complexity index is 751. The zero-order valence-electron chi connectivity index (χ0n) is 13.5. The third-order valence-electron chi connectivity index (χ3n) is 4.24. The minimum atomic E-state index is -0.345. The molecule has 7 heteroatoms. The van der Waals surface area contributed by atoms with Crippen molar-refractivity contribution in [2.75, 3.05) is 19.7 Å². The van der Waals surface area contributed by atoms with E-state index in [4.69, 9.17) is 4.74 Å². The second-order valence-corrected chi connectivity index (χ2v) is 5.83. The number of hydrogen-bond donors (Lipinski definition) is 2. The number of likely N-dealkylation sites (tertiary alicyclic amines) is 1. The molecule has 6 nitrogen and oxygen atoms in total. The molecule has 0 spiro atoms. The molecular weight excluding hydrogens is 313 g/mol. The minimum Gasteiger partial charge on any atom is -0.450 e. The predicted octanol–water partition coefficient (Wildman–Crippen LogP) is 2.66. The number of ether oxygens (including phenoxy) is 1. The molecule has 128 valence electrons. The molecule has 3 rings (SSSR count). The lowest BCUT2D eigenvalue weighted by Gasteiger charge is -2.31. The lowest BCUT2D eigenvalue weighted by molar-refractivity contribution is 0.0861.